The van der Waals surface area contributed by atoms with E-state index in [2.05, 4.69) is 5.32 Å². The number of hydrogen-bond acceptors (Lipinski definition) is 4. The SMILES string of the molecule is O=C(O)C1(NC2CC2)CCC(Oc2cccc(CO)c2)C1. The van der Waals surface area contributed by atoms with Gasteiger partial charge in [0.2, 0.25) is 0 Å². The van der Waals surface area contributed by atoms with E-state index in [0.717, 1.165) is 24.8 Å². The van der Waals surface area contributed by atoms with Crippen LogP contribution < -0.4 is 10.1 Å². The molecule has 0 aromatic heterocycles. The van der Waals surface area contributed by atoms with Crippen LogP contribution in [0.25, 0.3) is 0 Å². The fraction of sp³-hybridized carbons (Fsp3) is 0.562. The average molecular weight is 291 g/mol. The summed E-state index contributed by atoms with van der Waals surface area (Å²) in [5.41, 5.74) is -0.0356. The minimum atomic E-state index is -0.833. The van der Waals surface area contributed by atoms with Crippen LogP contribution in [0.2, 0.25) is 0 Å². The number of carboxylic acid groups (broad SMARTS) is 1. The van der Waals surface area contributed by atoms with Crippen molar-refractivity contribution >= 4 is 5.97 Å². The molecule has 21 heavy (non-hydrogen) atoms. The molecule has 1 aromatic rings. The Morgan fingerprint density at radius 1 is 1.38 bits per heavy atom. The van der Waals surface area contributed by atoms with Gasteiger partial charge in [-0.3, -0.25) is 10.1 Å². The number of aliphatic hydroxyl groups excluding tert-OH is 1. The first-order valence-electron chi connectivity index (χ1n) is 7.49. The van der Waals surface area contributed by atoms with Crippen LogP contribution >= 0.6 is 0 Å². The molecular formula is C16H21NO4. The van der Waals surface area contributed by atoms with E-state index in [1.165, 1.54) is 0 Å². The van der Waals surface area contributed by atoms with Crippen LogP contribution in [-0.2, 0) is 11.4 Å². The van der Waals surface area contributed by atoms with E-state index in [0.29, 0.717) is 24.6 Å². The van der Waals surface area contributed by atoms with Gasteiger partial charge >= 0.3 is 5.97 Å². The highest BCUT2D eigenvalue weighted by Crippen LogP contribution is 2.36. The van der Waals surface area contributed by atoms with Gasteiger partial charge in [0.1, 0.15) is 17.4 Å². The Hall–Kier alpha value is -1.59. The van der Waals surface area contributed by atoms with Crippen molar-refractivity contribution in [2.24, 2.45) is 0 Å². The first-order valence-corrected chi connectivity index (χ1v) is 7.49. The van der Waals surface area contributed by atoms with Gasteiger partial charge in [0.15, 0.2) is 0 Å². The van der Waals surface area contributed by atoms with Crippen molar-refractivity contribution < 1.29 is 19.7 Å². The van der Waals surface area contributed by atoms with Crippen molar-refractivity contribution in [1.29, 1.82) is 0 Å². The lowest BCUT2D eigenvalue weighted by Gasteiger charge is -2.26. The topological polar surface area (TPSA) is 78.8 Å². The zero-order chi connectivity index (χ0) is 14.9. The molecule has 2 aliphatic rings. The highest BCUT2D eigenvalue weighted by atomic mass is 16.5. The molecule has 2 unspecified atom stereocenters. The van der Waals surface area contributed by atoms with Gasteiger partial charge in [0.25, 0.3) is 0 Å². The Morgan fingerprint density at radius 3 is 2.86 bits per heavy atom. The monoisotopic (exact) mass is 291 g/mol. The number of aliphatic hydroxyl groups is 1. The van der Waals surface area contributed by atoms with E-state index in [-0.39, 0.29) is 12.7 Å². The third kappa shape index (κ3) is 3.19. The summed E-state index contributed by atoms with van der Waals surface area (Å²) in [5.74, 6) is -0.0798. The van der Waals surface area contributed by atoms with Gasteiger partial charge in [0, 0.05) is 12.5 Å². The summed E-state index contributed by atoms with van der Waals surface area (Å²) in [6, 6.07) is 7.67. The molecule has 2 aliphatic carbocycles. The van der Waals surface area contributed by atoms with Crippen LogP contribution in [0.15, 0.2) is 24.3 Å². The molecule has 0 saturated heterocycles. The molecule has 0 heterocycles. The predicted octanol–water partition coefficient (Wildman–Crippen LogP) is 1.69. The van der Waals surface area contributed by atoms with Gasteiger partial charge in [-0.15, -0.1) is 0 Å². The Kier molecular flexibility index (Phi) is 3.87. The first kappa shape index (κ1) is 14.4. The Bertz CT molecular complexity index is 529. The molecule has 0 spiro atoms. The summed E-state index contributed by atoms with van der Waals surface area (Å²) in [4.78, 5) is 11.6. The molecule has 3 rings (SSSR count). The maximum Gasteiger partial charge on any atom is 0.324 e. The van der Waals surface area contributed by atoms with Crippen molar-refractivity contribution in [1.82, 2.24) is 5.32 Å². The summed E-state index contributed by atoms with van der Waals surface area (Å²) < 4.78 is 5.91. The summed E-state index contributed by atoms with van der Waals surface area (Å²) in [7, 11) is 0. The number of carbonyl (C=O) groups is 1. The summed E-state index contributed by atoms with van der Waals surface area (Å²) in [6.07, 6.45) is 3.86. The minimum Gasteiger partial charge on any atom is -0.490 e. The van der Waals surface area contributed by atoms with Crippen molar-refractivity contribution in [2.45, 2.75) is 56.4 Å². The molecule has 5 nitrogen and oxygen atoms in total. The predicted molar refractivity (Wildman–Crippen MR) is 77.2 cm³/mol. The van der Waals surface area contributed by atoms with Crippen molar-refractivity contribution in [3.8, 4) is 5.75 Å². The number of rotatable bonds is 6. The molecule has 114 valence electrons. The molecule has 0 radical (unpaired) electrons. The van der Waals surface area contributed by atoms with E-state index in [9.17, 15) is 9.90 Å². The summed E-state index contributed by atoms with van der Waals surface area (Å²) >= 11 is 0. The van der Waals surface area contributed by atoms with E-state index in [4.69, 9.17) is 9.84 Å². The molecule has 3 N–H and O–H groups in total. The van der Waals surface area contributed by atoms with E-state index < -0.39 is 11.5 Å². The summed E-state index contributed by atoms with van der Waals surface area (Å²) in [6.45, 7) is -0.0236. The van der Waals surface area contributed by atoms with Gasteiger partial charge in [-0.05, 0) is 43.4 Å². The number of aliphatic carboxylic acids is 1. The Balaban J connectivity index is 1.66. The number of nitrogens with one attached hydrogen (secondary N) is 1. The number of benzene rings is 1. The third-order valence-electron chi connectivity index (χ3n) is 4.32. The Morgan fingerprint density at radius 2 is 2.19 bits per heavy atom. The lowest BCUT2D eigenvalue weighted by Crippen LogP contribution is -2.51. The molecule has 1 aromatic carbocycles. The van der Waals surface area contributed by atoms with Gasteiger partial charge in [-0.25, -0.2) is 0 Å². The van der Waals surface area contributed by atoms with Crippen LogP contribution in [0.4, 0.5) is 0 Å². The second kappa shape index (κ2) is 5.66. The smallest absolute Gasteiger partial charge is 0.324 e. The summed E-state index contributed by atoms with van der Waals surface area (Å²) in [5, 5.41) is 22.0. The standard InChI is InChI=1S/C16H21NO4/c18-10-11-2-1-3-13(8-11)21-14-6-7-16(9-14,15(19)20)17-12-4-5-12/h1-3,8,12,14,17-18H,4-7,9-10H2,(H,19,20). The van der Waals surface area contributed by atoms with E-state index in [1.807, 2.05) is 18.2 Å². The number of ether oxygens (including phenoxy) is 1. The van der Waals surface area contributed by atoms with Crippen LogP contribution in [0, 0.1) is 0 Å². The van der Waals surface area contributed by atoms with Crippen molar-refractivity contribution in [3.05, 3.63) is 29.8 Å². The molecule has 0 aliphatic heterocycles. The highest BCUT2D eigenvalue weighted by Gasteiger charge is 2.48. The maximum atomic E-state index is 11.6. The maximum absolute atomic E-state index is 11.6. The van der Waals surface area contributed by atoms with Gasteiger partial charge in [-0.2, -0.15) is 0 Å². The van der Waals surface area contributed by atoms with Crippen molar-refractivity contribution in [3.63, 3.8) is 0 Å². The quantitative estimate of drug-likeness (QED) is 0.743. The fourth-order valence-corrected chi connectivity index (χ4v) is 3.02. The van der Waals surface area contributed by atoms with Crippen LogP contribution in [0.5, 0.6) is 5.75 Å². The highest BCUT2D eigenvalue weighted by molar-refractivity contribution is 5.79. The lowest BCUT2D eigenvalue weighted by molar-refractivity contribution is -0.145. The van der Waals surface area contributed by atoms with Gasteiger partial charge in [-0.1, -0.05) is 12.1 Å². The molecule has 0 amide bonds. The van der Waals surface area contributed by atoms with Crippen LogP contribution in [0.3, 0.4) is 0 Å². The average Bonchev–Trinajstić information content (AvgIpc) is 3.19. The molecule has 2 atom stereocenters. The zero-order valence-electron chi connectivity index (χ0n) is 11.9. The van der Waals surface area contributed by atoms with Crippen molar-refractivity contribution in [2.75, 3.05) is 0 Å². The van der Waals surface area contributed by atoms with Crippen LogP contribution in [-0.4, -0.2) is 33.9 Å². The van der Waals surface area contributed by atoms with Crippen LogP contribution in [0.1, 0.15) is 37.7 Å². The minimum absolute atomic E-state index is 0.0236. The van der Waals surface area contributed by atoms with E-state index >= 15 is 0 Å². The zero-order valence-corrected chi connectivity index (χ0v) is 11.9. The molecule has 2 fully saturated rings. The normalized spacial score (nSPS) is 28.5. The first-order chi connectivity index (χ1) is 10.1. The molecule has 2 saturated carbocycles. The van der Waals surface area contributed by atoms with E-state index in [1.54, 1.807) is 6.07 Å². The third-order valence-corrected chi connectivity index (χ3v) is 4.32. The van der Waals surface area contributed by atoms with Gasteiger partial charge in [0.05, 0.1) is 6.61 Å². The molecule has 0 bridgehead atoms. The fourth-order valence-electron chi connectivity index (χ4n) is 3.02. The Labute approximate surface area is 123 Å². The molecule has 5 heteroatoms. The lowest BCUT2D eigenvalue weighted by atomic mass is 9.97. The number of carboxylic acids is 1. The largest absolute Gasteiger partial charge is 0.490 e. The second-order valence-corrected chi connectivity index (χ2v) is 6.09. The second-order valence-electron chi connectivity index (χ2n) is 6.09. The molecular weight excluding hydrogens is 270 g/mol. The van der Waals surface area contributed by atoms with Gasteiger partial charge < -0.3 is 14.9 Å². The number of hydrogen-bond donors (Lipinski definition) is 3.